The molecule has 25 heavy (non-hydrogen) atoms. The van der Waals surface area contributed by atoms with Crippen LogP contribution in [0.1, 0.15) is 32.1 Å². The molecule has 0 saturated heterocycles. The number of benzene rings is 1. The minimum Gasteiger partial charge on any atom is -0.354 e. The Kier molecular flexibility index (Phi) is 4.38. The van der Waals surface area contributed by atoms with Gasteiger partial charge in [0.05, 0.1) is 0 Å². The average Bonchev–Trinajstić information content (AvgIpc) is 3.09. The van der Waals surface area contributed by atoms with Crippen LogP contribution < -0.4 is 10.6 Å². The molecule has 3 aromatic rings. The van der Waals surface area contributed by atoms with Crippen LogP contribution in [0.5, 0.6) is 0 Å². The Morgan fingerprint density at radius 3 is 2.76 bits per heavy atom. The predicted octanol–water partition coefficient (Wildman–Crippen LogP) is 0.861. The fraction of sp³-hybridized carbons (Fsp3) is 0.188. The van der Waals surface area contributed by atoms with Crippen LogP contribution in [0, 0.1) is 12.7 Å². The Hall–Kier alpha value is -3.36. The Morgan fingerprint density at radius 1 is 1.24 bits per heavy atom. The summed E-state index contributed by atoms with van der Waals surface area (Å²) < 4.78 is 14.5. The highest BCUT2D eigenvalue weighted by atomic mass is 19.1. The lowest BCUT2D eigenvalue weighted by Crippen LogP contribution is -2.27. The minimum atomic E-state index is -0.474. The first-order valence-electron chi connectivity index (χ1n) is 7.45. The number of halogens is 1. The van der Waals surface area contributed by atoms with E-state index in [1.54, 1.807) is 19.1 Å². The van der Waals surface area contributed by atoms with Crippen molar-refractivity contribution in [3.8, 4) is 0 Å². The zero-order valence-electron chi connectivity index (χ0n) is 13.6. The standard InChI is InChI=1S/C16H15FN6O2/c1-9-5-10(3-4-11(9)17)7-19-14(24)12-6-13(15(25)18-2)23-16(22-12)20-8-21-23/h3-6,8H,7H2,1-2H3,(H,18,25)(H,19,24). The molecule has 0 spiro atoms. The van der Waals surface area contributed by atoms with E-state index in [1.807, 2.05) is 0 Å². The fourth-order valence-corrected chi connectivity index (χ4v) is 2.31. The summed E-state index contributed by atoms with van der Waals surface area (Å²) in [5.74, 6) is -1.05. The summed E-state index contributed by atoms with van der Waals surface area (Å²) in [7, 11) is 1.47. The SMILES string of the molecule is CNC(=O)c1cc(C(=O)NCc2ccc(F)c(C)c2)nc2ncnn12. The van der Waals surface area contributed by atoms with Gasteiger partial charge in [0, 0.05) is 19.7 Å². The second-order valence-electron chi connectivity index (χ2n) is 5.34. The molecule has 0 atom stereocenters. The molecule has 9 heteroatoms. The average molecular weight is 342 g/mol. The Balaban J connectivity index is 1.84. The molecule has 2 heterocycles. The van der Waals surface area contributed by atoms with E-state index in [0.29, 0.717) is 5.56 Å². The third kappa shape index (κ3) is 3.30. The van der Waals surface area contributed by atoms with Crippen molar-refractivity contribution in [3.05, 3.63) is 58.9 Å². The first-order chi connectivity index (χ1) is 12.0. The van der Waals surface area contributed by atoms with E-state index in [2.05, 4.69) is 25.7 Å². The number of fused-ring (bicyclic) bond motifs is 1. The lowest BCUT2D eigenvalue weighted by Gasteiger charge is -2.08. The van der Waals surface area contributed by atoms with Crippen molar-refractivity contribution >= 4 is 17.6 Å². The van der Waals surface area contributed by atoms with E-state index in [1.165, 1.54) is 30.0 Å². The summed E-state index contributed by atoms with van der Waals surface area (Å²) in [4.78, 5) is 32.3. The topological polar surface area (TPSA) is 101 Å². The van der Waals surface area contributed by atoms with Crippen molar-refractivity contribution in [2.45, 2.75) is 13.5 Å². The smallest absolute Gasteiger partial charge is 0.270 e. The van der Waals surface area contributed by atoms with Crippen LogP contribution in [0.3, 0.4) is 0 Å². The third-order valence-corrected chi connectivity index (χ3v) is 3.62. The lowest BCUT2D eigenvalue weighted by atomic mass is 10.1. The van der Waals surface area contributed by atoms with E-state index in [4.69, 9.17) is 0 Å². The van der Waals surface area contributed by atoms with Gasteiger partial charge in [-0.25, -0.2) is 9.37 Å². The van der Waals surface area contributed by atoms with Gasteiger partial charge >= 0.3 is 0 Å². The van der Waals surface area contributed by atoms with Gasteiger partial charge in [-0.3, -0.25) is 9.59 Å². The van der Waals surface area contributed by atoms with Gasteiger partial charge in [0.25, 0.3) is 17.6 Å². The van der Waals surface area contributed by atoms with Crippen molar-refractivity contribution in [2.24, 2.45) is 0 Å². The van der Waals surface area contributed by atoms with E-state index >= 15 is 0 Å². The molecule has 0 aliphatic heterocycles. The molecule has 0 saturated carbocycles. The molecule has 128 valence electrons. The number of nitrogens with one attached hydrogen (secondary N) is 2. The van der Waals surface area contributed by atoms with Crippen LogP contribution in [0.2, 0.25) is 0 Å². The Labute approximate surface area is 142 Å². The van der Waals surface area contributed by atoms with Gasteiger partial charge in [-0.1, -0.05) is 12.1 Å². The Bertz CT molecular complexity index is 968. The number of amides is 2. The molecule has 0 unspecified atom stereocenters. The molecular weight excluding hydrogens is 327 g/mol. The molecule has 2 N–H and O–H groups in total. The zero-order chi connectivity index (χ0) is 18.0. The van der Waals surface area contributed by atoms with Gasteiger partial charge < -0.3 is 10.6 Å². The van der Waals surface area contributed by atoms with Gasteiger partial charge in [-0.15, -0.1) is 0 Å². The predicted molar refractivity (Wildman–Crippen MR) is 86.5 cm³/mol. The molecular formula is C16H15FN6O2. The second kappa shape index (κ2) is 6.63. The van der Waals surface area contributed by atoms with E-state index in [9.17, 15) is 14.0 Å². The molecule has 1 aromatic carbocycles. The van der Waals surface area contributed by atoms with Gasteiger partial charge in [-0.05, 0) is 24.1 Å². The molecule has 0 aliphatic rings. The van der Waals surface area contributed by atoms with E-state index in [0.717, 1.165) is 5.56 Å². The molecule has 0 aliphatic carbocycles. The summed E-state index contributed by atoms with van der Waals surface area (Å²) in [6.45, 7) is 1.85. The second-order valence-corrected chi connectivity index (χ2v) is 5.34. The third-order valence-electron chi connectivity index (χ3n) is 3.62. The number of aryl methyl sites for hydroxylation is 1. The molecule has 0 bridgehead atoms. The highest BCUT2D eigenvalue weighted by molar-refractivity contribution is 5.97. The quantitative estimate of drug-likeness (QED) is 0.732. The molecule has 0 fully saturated rings. The van der Waals surface area contributed by atoms with Gasteiger partial charge in [0.2, 0.25) is 0 Å². The molecule has 8 nitrogen and oxygen atoms in total. The molecule has 3 rings (SSSR count). The van der Waals surface area contributed by atoms with Crippen LogP contribution >= 0.6 is 0 Å². The van der Waals surface area contributed by atoms with Crippen LogP contribution in [-0.4, -0.2) is 38.4 Å². The lowest BCUT2D eigenvalue weighted by molar-refractivity contribution is 0.0946. The monoisotopic (exact) mass is 342 g/mol. The molecule has 2 amide bonds. The summed E-state index contributed by atoms with van der Waals surface area (Å²) in [6.07, 6.45) is 1.25. The van der Waals surface area contributed by atoms with Crippen molar-refractivity contribution in [1.82, 2.24) is 30.2 Å². The maximum Gasteiger partial charge on any atom is 0.270 e. The number of aromatic nitrogens is 4. The Morgan fingerprint density at radius 2 is 2.04 bits per heavy atom. The first-order valence-corrected chi connectivity index (χ1v) is 7.45. The maximum atomic E-state index is 13.3. The summed E-state index contributed by atoms with van der Waals surface area (Å²) >= 11 is 0. The van der Waals surface area contributed by atoms with Gasteiger partial charge in [-0.2, -0.15) is 14.6 Å². The summed E-state index contributed by atoms with van der Waals surface area (Å²) in [5, 5.41) is 9.08. The van der Waals surface area contributed by atoms with Crippen LogP contribution in [0.4, 0.5) is 4.39 Å². The van der Waals surface area contributed by atoms with Crippen LogP contribution in [0.25, 0.3) is 5.78 Å². The van der Waals surface area contributed by atoms with Crippen LogP contribution in [0.15, 0.2) is 30.6 Å². The van der Waals surface area contributed by atoms with E-state index in [-0.39, 0.29) is 29.5 Å². The molecule has 0 radical (unpaired) electrons. The van der Waals surface area contributed by atoms with Crippen molar-refractivity contribution in [1.29, 1.82) is 0 Å². The molecule has 2 aromatic heterocycles. The first kappa shape index (κ1) is 16.5. The number of carbonyl (C=O) groups is 2. The zero-order valence-corrected chi connectivity index (χ0v) is 13.6. The van der Waals surface area contributed by atoms with Gasteiger partial charge in [0.15, 0.2) is 0 Å². The van der Waals surface area contributed by atoms with Crippen molar-refractivity contribution in [3.63, 3.8) is 0 Å². The number of hydrogen-bond acceptors (Lipinski definition) is 5. The number of hydrogen-bond donors (Lipinski definition) is 2. The van der Waals surface area contributed by atoms with Crippen molar-refractivity contribution in [2.75, 3.05) is 7.05 Å². The normalized spacial score (nSPS) is 10.7. The fourth-order valence-electron chi connectivity index (χ4n) is 2.31. The van der Waals surface area contributed by atoms with Crippen molar-refractivity contribution < 1.29 is 14.0 Å². The number of rotatable bonds is 4. The number of carbonyl (C=O) groups excluding carboxylic acids is 2. The highest BCUT2D eigenvalue weighted by Gasteiger charge is 2.17. The number of nitrogens with zero attached hydrogens (tertiary/aromatic N) is 4. The maximum absolute atomic E-state index is 13.3. The largest absolute Gasteiger partial charge is 0.354 e. The highest BCUT2D eigenvalue weighted by Crippen LogP contribution is 2.10. The van der Waals surface area contributed by atoms with E-state index < -0.39 is 11.8 Å². The summed E-state index contributed by atoms with van der Waals surface area (Å²) in [5.41, 5.74) is 1.43. The van der Waals surface area contributed by atoms with Gasteiger partial charge in [0.1, 0.15) is 23.5 Å². The van der Waals surface area contributed by atoms with Crippen LogP contribution in [-0.2, 0) is 6.54 Å². The summed E-state index contributed by atoms with van der Waals surface area (Å²) in [6, 6.07) is 5.93. The minimum absolute atomic E-state index is 0.0398.